The van der Waals surface area contributed by atoms with Crippen LogP contribution in [0.25, 0.3) is 0 Å². The summed E-state index contributed by atoms with van der Waals surface area (Å²) in [6.45, 7) is 6.23. The molecular formula is C9H18Cl2N2S. The minimum Gasteiger partial charge on any atom is -0.320 e. The van der Waals surface area contributed by atoms with Crippen molar-refractivity contribution in [2.24, 2.45) is 5.73 Å². The summed E-state index contributed by atoms with van der Waals surface area (Å²) in [5, 5.41) is 3.15. The summed E-state index contributed by atoms with van der Waals surface area (Å²) in [6.07, 6.45) is 1.93. The van der Waals surface area contributed by atoms with E-state index in [-0.39, 0.29) is 30.4 Å². The van der Waals surface area contributed by atoms with Crippen LogP contribution in [0.5, 0.6) is 0 Å². The van der Waals surface area contributed by atoms with Gasteiger partial charge in [0, 0.05) is 5.38 Å². The number of halogens is 2. The van der Waals surface area contributed by atoms with Gasteiger partial charge in [0.2, 0.25) is 0 Å². The van der Waals surface area contributed by atoms with E-state index in [9.17, 15) is 0 Å². The fourth-order valence-corrected chi connectivity index (χ4v) is 1.93. The lowest BCUT2D eigenvalue weighted by Gasteiger charge is -2.18. The van der Waals surface area contributed by atoms with Crippen LogP contribution in [0.1, 0.15) is 37.9 Å². The van der Waals surface area contributed by atoms with E-state index in [0.29, 0.717) is 0 Å². The van der Waals surface area contributed by atoms with Gasteiger partial charge in [-0.05, 0) is 19.8 Å². The molecular weight excluding hydrogens is 239 g/mol. The molecule has 5 heteroatoms. The van der Waals surface area contributed by atoms with E-state index in [0.717, 1.165) is 23.5 Å². The number of thiazole rings is 1. The average Bonchev–Trinajstić information content (AvgIpc) is 2.52. The van der Waals surface area contributed by atoms with Crippen molar-refractivity contribution in [3.63, 3.8) is 0 Å². The van der Waals surface area contributed by atoms with Gasteiger partial charge in [0.25, 0.3) is 0 Å². The van der Waals surface area contributed by atoms with Crippen LogP contribution in [0, 0.1) is 0 Å². The molecule has 0 aliphatic carbocycles. The Bertz CT molecular complexity index is 261. The summed E-state index contributed by atoms with van der Waals surface area (Å²) < 4.78 is 0. The highest BCUT2D eigenvalue weighted by atomic mass is 35.5. The molecule has 0 saturated carbocycles. The maximum Gasteiger partial charge on any atom is 0.112 e. The first-order valence-electron chi connectivity index (χ1n) is 4.34. The van der Waals surface area contributed by atoms with Gasteiger partial charge in [-0.15, -0.1) is 36.2 Å². The van der Waals surface area contributed by atoms with E-state index in [1.165, 1.54) is 0 Å². The summed E-state index contributed by atoms with van der Waals surface area (Å²) in [7, 11) is 0. The van der Waals surface area contributed by atoms with Crippen molar-refractivity contribution in [2.75, 3.05) is 0 Å². The number of hydrogen-bond donors (Lipinski definition) is 1. The maximum atomic E-state index is 6.05. The first kappa shape index (κ1) is 16.6. The van der Waals surface area contributed by atoms with Gasteiger partial charge in [-0.3, -0.25) is 0 Å². The molecule has 0 fully saturated rings. The summed E-state index contributed by atoms with van der Waals surface area (Å²) in [6, 6.07) is 0. The van der Waals surface area contributed by atoms with Crippen molar-refractivity contribution in [1.29, 1.82) is 0 Å². The fraction of sp³-hybridized carbons (Fsp3) is 0.667. The standard InChI is InChI=1S/C9H16N2S.2ClH/c1-4-7-6-12-8(11-7)9(3,10)5-2;;/h6H,4-5,10H2,1-3H3;2*1H. The molecule has 0 radical (unpaired) electrons. The Labute approximate surface area is 102 Å². The molecule has 0 aliphatic heterocycles. The highest BCUT2D eigenvalue weighted by Crippen LogP contribution is 2.24. The zero-order chi connectivity index (χ0) is 9.19. The smallest absolute Gasteiger partial charge is 0.112 e. The second kappa shape index (κ2) is 6.62. The Balaban J connectivity index is 0. The predicted octanol–water partition coefficient (Wildman–Crippen LogP) is 3.13. The Morgan fingerprint density at radius 3 is 2.36 bits per heavy atom. The maximum absolute atomic E-state index is 6.05. The number of nitrogens with zero attached hydrogens (tertiary/aromatic N) is 1. The summed E-state index contributed by atoms with van der Waals surface area (Å²) in [4.78, 5) is 4.46. The molecule has 14 heavy (non-hydrogen) atoms. The summed E-state index contributed by atoms with van der Waals surface area (Å²) >= 11 is 1.67. The van der Waals surface area contributed by atoms with Gasteiger partial charge < -0.3 is 5.73 Å². The zero-order valence-corrected chi connectivity index (χ0v) is 11.2. The third-order valence-electron chi connectivity index (χ3n) is 2.14. The number of nitrogens with two attached hydrogens (primary N) is 1. The van der Waals surface area contributed by atoms with Gasteiger partial charge in [-0.1, -0.05) is 13.8 Å². The molecule has 0 saturated heterocycles. The van der Waals surface area contributed by atoms with E-state index in [1.807, 2.05) is 6.92 Å². The van der Waals surface area contributed by atoms with Gasteiger partial charge in [-0.2, -0.15) is 0 Å². The molecule has 2 N–H and O–H groups in total. The molecule has 0 aromatic carbocycles. The van der Waals surface area contributed by atoms with Gasteiger partial charge in [0.15, 0.2) is 0 Å². The highest BCUT2D eigenvalue weighted by molar-refractivity contribution is 7.09. The largest absolute Gasteiger partial charge is 0.320 e. The molecule has 1 aromatic rings. The van der Waals surface area contributed by atoms with Crippen LogP contribution >= 0.6 is 36.2 Å². The summed E-state index contributed by atoms with van der Waals surface area (Å²) in [5.41, 5.74) is 6.97. The first-order chi connectivity index (χ1) is 5.60. The molecule has 1 heterocycles. The second-order valence-corrected chi connectivity index (χ2v) is 4.13. The summed E-state index contributed by atoms with van der Waals surface area (Å²) in [5.74, 6) is 0. The van der Waals surface area contributed by atoms with E-state index in [1.54, 1.807) is 11.3 Å². The average molecular weight is 257 g/mol. The van der Waals surface area contributed by atoms with Crippen molar-refractivity contribution >= 4 is 36.2 Å². The van der Waals surface area contributed by atoms with Crippen LogP contribution in [-0.2, 0) is 12.0 Å². The van der Waals surface area contributed by atoms with Crippen LogP contribution in [0.3, 0.4) is 0 Å². The minimum atomic E-state index is -0.238. The van der Waals surface area contributed by atoms with Gasteiger partial charge in [0.05, 0.1) is 11.2 Å². The van der Waals surface area contributed by atoms with E-state index < -0.39 is 0 Å². The van der Waals surface area contributed by atoms with Crippen molar-refractivity contribution < 1.29 is 0 Å². The molecule has 1 unspecified atom stereocenters. The second-order valence-electron chi connectivity index (χ2n) is 3.27. The molecule has 84 valence electrons. The minimum absolute atomic E-state index is 0. The molecule has 1 atom stereocenters. The molecule has 0 spiro atoms. The molecule has 0 aliphatic rings. The van der Waals surface area contributed by atoms with Crippen molar-refractivity contribution in [3.05, 3.63) is 16.1 Å². The van der Waals surface area contributed by atoms with Crippen LogP contribution in [-0.4, -0.2) is 4.98 Å². The van der Waals surface area contributed by atoms with E-state index in [2.05, 4.69) is 24.2 Å². The quantitative estimate of drug-likeness (QED) is 0.903. The Hall–Kier alpha value is 0.170. The SMILES string of the molecule is CCc1csc(C(C)(N)CC)n1.Cl.Cl. The molecule has 1 aromatic heterocycles. The lowest BCUT2D eigenvalue weighted by Crippen LogP contribution is -2.31. The van der Waals surface area contributed by atoms with Gasteiger partial charge in [-0.25, -0.2) is 4.98 Å². The van der Waals surface area contributed by atoms with Crippen LogP contribution < -0.4 is 5.73 Å². The number of aryl methyl sites for hydroxylation is 1. The Morgan fingerprint density at radius 1 is 1.43 bits per heavy atom. The number of aromatic nitrogens is 1. The number of hydrogen-bond acceptors (Lipinski definition) is 3. The van der Waals surface area contributed by atoms with Gasteiger partial charge >= 0.3 is 0 Å². The molecule has 0 bridgehead atoms. The van der Waals surface area contributed by atoms with Crippen LogP contribution in [0.4, 0.5) is 0 Å². The van der Waals surface area contributed by atoms with Crippen molar-refractivity contribution in [1.82, 2.24) is 4.98 Å². The third-order valence-corrected chi connectivity index (χ3v) is 3.31. The first-order valence-corrected chi connectivity index (χ1v) is 5.22. The van der Waals surface area contributed by atoms with E-state index >= 15 is 0 Å². The van der Waals surface area contributed by atoms with E-state index in [4.69, 9.17) is 5.73 Å². The van der Waals surface area contributed by atoms with Gasteiger partial charge in [0.1, 0.15) is 5.01 Å². The Morgan fingerprint density at radius 2 is 2.00 bits per heavy atom. The fourth-order valence-electron chi connectivity index (χ4n) is 0.883. The van der Waals surface area contributed by atoms with Crippen LogP contribution in [0.15, 0.2) is 5.38 Å². The molecule has 0 amide bonds. The van der Waals surface area contributed by atoms with Crippen LogP contribution in [0.2, 0.25) is 0 Å². The number of rotatable bonds is 3. The third kappa shape index (κ3) is 3.73. The highest BCUT2D eigenvalue weighted by Gasteiger charge is 2.21. The zero-order valence-electron chi connectivity index (χ0n) is 8.74. The molecule has 1 rings (SSSR count). The van der Waals surface area contributed by atoms with Crippen molar-refractivity contribution in [2.45, 2.75) is 39.2 Å². The monoisotopic (exact) mass is 256 g/mol. The topological polar surface area (TPSA) is 38.9 Å². The normalized spacial score (nSPS) is 13.7. The lowest BCUT2D eigenvalue weighted by atomic mass is 10.0. The Kier molecular flexibility index (Phi) is 7.84. The lowest BCUT2D eigenvalue weighted by molar-refractivity contribution is 0.472. The predicted molar refractivity (Wildman–Crippen MR) is 67.8 cm³/mol. The van der Waals surface area contributed by atoms with Crippen molar-refractivity contribution in [3.8, 4) is 0 Å². The molecule has 2 nitrogen and oxygen atoms in total.